The molecule has 168 valence electrons. The van der Waals surface area contributed by atoms with Crippen molar-refractivity contribution in [1.29, 1.82) is 0 Å². The van der Waals surface area contributed by atoms with Crippen LogP contribution in [0.1, 0.15) is 60.8 Å². The number of aliphatic hydroxyl groups is 1. The summed E-state index contributed by atoms with van der Waals surface area (Å²) < 4.78 is 0. The molecule has 7 nitrogen and oxygen atoms in total. The van der Waals surface area contributed by atoms with Gasteiger partial charge in [-0.25, -0.2) is 0 Å². The number of hydrogen-bond acceptors (Lipinski definition) is 4. The Morgan fingerprint density at radius 3 is 1.97 bits per heavy atom. The lowest BCUT2D eigenvalue weighted by Crippen LogP contribution is -2.59. The van der Waals surface area contributed by atoms with Crippen LogP contribution in [0.4, 0.5) is 0 Å². The van der Waals surface area contributed by atoms with Gasteiger partial charge >= 0.3 is 0 Å². The summed E-state index contributed by atoms with van der Waals surface area (Å²) in [6, 6.07) is -1.90. The third-order valence-corrected chi connectivity index (χ3v) is 5.34. The summed E-state index contributed by atoms with van der Waals surface area (Å²) in [7, 11) is 3.08. The van der Waals surface area contributed by atoms with Crippen molar-refractivity contribution in [2.45, 2.75) is 79.0 Å². The van der Waals surface area contributed by atoms with Crippen molar-refractivity contribution in [3.63, 3.8) is 0 Å². The molecule has 0 fully saturated rings. The summed E-state index contributed by atoms with van der Waals surface area (Å²) in [6.07, 6.45) is 4.31. The normalized spacial score (nSPS) is 16.0. The van der Waals surface area contributed by atoms with Crippen LogP contribution >= 0.6 is 0 Å². The molecular weight excluding hydrogens is 370 g/mol. The van der Waals surface area contributed by atoms with Crippen LogP contribution in [-0.2, 0) is 14.4 Å². The summed E-state index contributed by atoms with van der Waals surface area (Å²) in [6.45, 7) is 11.5. The highest BCUT2D eigenvalue weighted by Crippen LogP contribution is 2.20. The fourth-order valence-corrected chi connectivity index (χ4v) is 3.38. The lowest BCUT2D eigenvalue weighted by Gasteiger charge is -2.38. The van der Waals surface area contributed by atoms with E-state index in [4.69, 9.17) is 5.73 Å². The van der Waals surface area contributed by atoms with E-state index in [9.17, 15) is 19.5 Å². The van der Waals surface area contributed by atoms with Gasteiger partial charge in [-0.3, -0.25) is 14.4 Å². The summed E-state index contributed by atoms with van der Waals surface area (Å²) in [4.78, 5) is 40.6. The van der Waals surface area contributed by atoms with Crippen LogP contribution in [0.25, 0.3) is 0 Å². The van der Waals surface area contributed by atoms with Gasteiger partial charge in [-0.05, 0) is 37.5 Å². The quantitative estimate of drug-likeness (QED) is 0.480. The maximum absolute atomic E-state index is 13.3. The van der Waals surface area contributed by atoms with Gasteiger partial charge in [-0.2, -0.15) is 0 Å². The van der Waals surface area contributed by atoms with Gasteiger partial charge in [0.25, 0.3) is 0 Å². The number of primary amides is 1. The third kappa shape index (κ3) is 8.17. The number of nitrogens with zero attached hydrogens (tertiary/aromatic N) is 2. The summed E-state index contributed by atoms with van der Waals surface area (Å²) in [5, 5.41) is 10.7. The number of carbonyl (C=O) groups excluding carboxylic acids is 3. The van der Waals surface area contributed by atoms with Gasteiger partial charge in [0.15, 0.2) is 0 Å². The van der Waals surface area contributed by atoms with E-state index in [1.807, 2.05) is 46.8 Å². The van der Waals surface area contributed by atoms with E-state index < -0.39 is 30.0 Å². The topological polar surface area (TPSA) is 104 Å². The molecule has 0 radical (unpaired) electrons. The minimum absolute atomic E-state index is 0.114. The smallest absolute Gasteiger partial charge is 0.246 e. The van der Waals surface area contributed by atoms with Crippen LogP contribution in [0.15, 0.2) is 12.2 Å². The van der Waals surface area contributed by atoms with E-state index in [0.29, 0.717) is 18.8 Å². The minimum atomic E-state index is -1.16. The van der Waals surface area contributed by atoms with E-state index >= 15 is 0 Å². The third-order valence-electron chi connectivity index (χ3n) is 5.34. The fourth-order valence-electron chi connectivity index (χ4n) is 3.38. The van der Waals surface area contributed by atoms with Crippen molar-refractivity contribution in [3.05, 3.63) is 12.2 Å². The highest BCUT2D eigenvalue weighted by molar-refractivity contribution is 5.92. The van der Waals surface area contributed by atoms with Crippen LogP contribution in [-0.4, -0.2) is 64.9 Å². The number of rotatable bonds is 12. The number of nitrogens with two attached hydrogens (primary N) is 1. The molecule has 0 aliphatic rings. The number of hydrogen-bond donors (Lipinski definition) is 2. The van der Waals surface area contributed by atoms with Gasteiger partial charge < -0.3 is 20.6 Å². The zero-order chi connectivity index (χ0) is 22.9. The second kappa shape index (κ2) is 12.6. The molecule has 3 amide bonds. The molecule has 0 unspecified atom stereocenters. The van der Waals surface area contributed by atoms with Gasteiger partial charge in [0, 0.05) is 20.5 Å². The Morgan fingerprint density at radius 2 is 1.55 bits per heavy atom. The first kappa shape index (κ1) is 27.1. The van der Waals surface area contributed by atoms with Gasteiger partial charge in [-0.1, -0.05) is 46.8 Å². The Morgan fingerprint density at radius 1 is 1.00 bits per heavy atom. The predicted octanol–water partition coefficient (Wildman–Crippen LogP) is 2.18. The molecular formula is C22H41N3O4. The van der Waals surface area contributed by atoms with Crippen LogP contribution < -0.4 is 5.73 Å². The van der Waals surface area contributed by atoms with Gasteiger partial charge in [0.05, 0.1) is 6.10 Å². The monoisotopic (exact) mass is 411 g/mol. The summed E-state index contributed by atoms with van der Waals surface area (Å²) >= 11 is 0. The van der Waals surface area contributed by atoms with Crippen molar-refractivity contribution in [3.8, 4) is 0 Å². The van der Waals surface area contributed by atoms with Crippen molar-refractivity contribution in [1.82, 2.24) is 9.80 Å². The number of aliphatic hydroxyl groups excluding tert-OH is 1. The lowest BCUT2D eigenvalue weighted by atomic mass is 9.92. The van der Waals surface area contributed by atoms with E-state index in [1.165, 1.54) is 16.8 Å². The first-order chi connectivity index (χ1) is 13.4. The molecule has 29 heavy (non-hydrogen) atoms. The van der Waals surface area contributed by atoms with Crippen molar-refractivity contribution in [2.75, 3.05) is 14.1 Å². The minimum Gasteiger partial charge on any atom is -0.390 e. The fraction of sp³-hybridized carbons (Fsp3) is 0.773. The Labute approximate surface area is 176 Å². The van der Waals surface area contributed by atoms with Crippen molar-refractivity contribution < 1.29 is 19.5 Å². The predicted molar refractivity (Wildman–Crippen MR) is 116 cm³/mol. The molecule has 3 N–H and O–H groups in total. The Balaban J connectivity index is 5.58. The van der Waals surface area contributed by atoms with Gasteiger partial charge in [0.1, 0.15) is 12.1 Å². The molecule has 0 aliphatic heterocycles. The first-order valence-electron chi connectivity index (χ1n) is 10.5. The molecule has 0 aromatic heterocycles. The Kier molecular flexibility index (Phi) is 11.8. The average molecular weight is 412 g/mol. The van der Waals surface area contributed by atoms with Crippen molar-refractivity contribution in [2.24, 2.45) is 23.5 Å². The zero-order valence-electron chi connectivity index (χ0n) is 19.4. The molecule has 0 spiro atoms. The maximum Gasteiger partial charge on any atom is 0.246 e. The average Bonchev–Trinajstić information content (AvgIpc) is 2.63. The second-order valence-corrected chi connectivity index (χ2v) is 8.69. The summed E-state index contributed by atoms with van der Waals surface area (Å²) in [5.74, 6) is -1.32. The first-order valence-corrected chi connectivity index (χ1v) is 10.5. The van der Waals surface area contributed by atoms with E-state index in [2.05, 4.69) is 0 Å². The Hall–Kier alpha value is -1.89. The largest absolute Gasteiger partial charge is 0.390 e. The standard InChI is InChI=1S/C22H41N3O4/c1-9-10-11-16(6)20(27)19(21(23)28)25(8)22(29)18(15(4)5)24(7)17(26)13-12-14(2)3/h9-10,14-16,18-20,27H,11-13H2,1-8H3,(H2,23,28)/b10-9+/t16-,18+,19-,20-/m1/s1. The molecule has 0 aromatic carbocycles. The maximum atomic E-state index is 13.3. The summed E-state index contributed by atoms with van der Waals surface area (Å²) in [5.41, 5.74) is 5.54. The molecule has 0 rings (SSSR count). The second-order valence-electron chi connectivity index (χ2n) is 8.69. The van der Waals surface area contributed by atoms with Crippen LogP contribution in [0.5, 0.6) is 0 Å². The number of carbonyl (C=O) groups is 3. The van der Waals surface area contributed by atoms with Crippen molar-refractivity contribution >= 4 is 17.7 Å². The van der Waals surface area contributed by atoms with Gasteiger partial charge in [0.2, 0.25) is 17.7 Å². The molecule has 0 aromatic rings. The van der Waals surface area contributed by atoms with E-state index in [-0.39, 0.29) is 17.7 Å². The number of likely N-dealkylation sites (N-methyl/N-ethyl adjacent to an activating group) is 2. The molecule has 7 heteroatoms. The highest BCUT2D eigenvalue weighted by atomic mass is 16.3. The molecule has 0 bridgehead atoms. The SMILES string of the molecule is C/C=C/C[C@@H](C)[C@@H](O)[C@H](C(N)=O)N(C)C(=O)[C@H](C(C)C)N(C)C(=O)CCC(C)C. The number of allylic oxidation sites excluding steroid dienone is 2. The Bertz CT molecular complexity index is 574. The van der Waals surface area contributed by atoms with E-state index in [1.54, 1.807) is 14.0 Å². The molecule has 0 saturated carbocycles. The van der Waals surface area contributed by atoms with E-state index in [0.717, 1.165) is 6.42 Å². The van der Waals surface area contributed by atoms with Crippen LogP contribution in [0.2, 0.25) is 0 Å². The van der Waals surface area contributed by atoms with Crippen LogP contribution in [0.3, 0.4) is 0 Å². The lowest BCUT2D eigenvalue weighted by molar-refractivity contribution is -0.152. The molecule has 0 saturated heterocycles. The molecule has 4 atom stereocenters. The molecule has 0 heterocycles. The van der Waals surface area contributed by atoms with Crippen LogP contribution in [0, 0.1) is 17.8 Å². The number of amides is 3. The zero-order valence-corrected chi connectivity index (χ0v) is 19.4. The molecule has 0 aliphatic carbocycles. The highest BCUT2D eigenvalue weighted by Gasteiger charge is 2.39. The van der Waals surface area contributed by atoms with Gasteiger partial charge in [-0.15, -0.1) is 0 Å².